The zero-order valence-corrected chi connectivity index (χ0v) is 8.88. The molecule has 0 fully saturated rings. The number of benzene rings is 2. The van der Waals surface area contributed by atoms with Crippen LogP contribution in [-0.2, 0) is 6.54 Å². The Hall–Kier alpha value is -1.81. The molecule has 1 nitrogen and oxygen atoms in total. The third-order valence-corrected chi connectivity index (χ3v) is 2.52. The van der Waals surface area contributed by atoms with E-state index in [1.54, 1.807) is 6.07 Å². The molecule has 0 saturated heterocycles. The maximum absolute atomic E-state index is 13.5. The molecule has 0 aliphatic heterocycles. The lowest BCUT2D eigenvalue weighted by Gasteiger charge is -2.06. The fourth-order valence-electron chi connectivity index (χ4n) is 1.60. The minimum absolute atomic E-state index is 0.0814. The van der Waals surface area contributed by atoms with E-state index in [1.165, 1.54) is 18.2 Å². The van der Waals surface area contributed by atoms with Gasteiger partial charge >= 0.3 is 0 Å². The summed E-state index contributed by atoms with van der Waals surface area (Å²) in [4.78, 5) is 0. The van der Waals surface area contributed by atoms with Crippen molar-refractivity contribution in [3.05, 3.63) is 59.4 Å². The van der Waals surface area contributed by atoms with Gasteiger partial charge in [-0.2, -0.15) is 0 Å². The number of rotatable bonds is 2. The Kier molecular flexibility index (Phi) is 3.15. The van der Waals surface area contributed by atoms with E-state index in [9.17, 15) is 13.2 Å². The highest BCUT2D eigenvalue weighted by atomic mass is 19.1. The fraction of sp³-hybridized carbons (Fsp3) is 0.0769. The molecule has 0 radical (unpaired) electrons. The first kappa shape index (κ1) is 11.7. The normalized spacial score (nSPS) is 10.6. The molecule has 2 aromatic rings. The molecule has 0 heterocycles. The summed E-state index contributed by atoms with van der Waals surface area (Å²) in [5.41, 5.74) is 6.20. The molecular weight excluding hydrogens is 227 g/mol. The molecule has 0 aliphatic carbocycles. The summed E-state index contributed by atoms with van der Waals surface area (Å²) in [7, 11) is 0. The van der Waals surface area contributed by atoms with E-state index >= 15 is 0 Å². The minimum Gasteiger partial charge on any atom is -0.326 e. The van der Waals surface area contributed by atoms with E-state index in [2.05, 4.69) is 0 Å². The molecule has 0 unspecified atom stereocenters. The Balaban J connectivity index is 2.50. The van der Waals surface area contributed by atoms with Gasteiger partial charge in [0.1, 0.15) is 17.5 Å². The molecule has 4 heteroatoms. The third-order valence-electron chi connectivity index (χ3n) is 2.52. The second kappa shape index (κ2) is 4.59. The lowest BCUT2D eigenvalue weighted by molar-refractivity contribution is 0.585. The van der Waals surface area contributed by atoms with Crippen LogP contribution in [0.2, 0.25) is 0 Å². The molecule has 88 valence electrons. The van der Waals surface area contributed by atoms with E-state index in [0.29, 0.717) is 11.1 Å². The van der Waals surface area contributed by atoms with Crippen molar-refractivity contribution in [1.29, 1.82) is 0 Å². The molecule has 0 atom stereocenters. The number of halogens is 3. The zero-order valence-electron chi connectivity index (χ0n) is 8.88. The van der Waals surface area contributed by atoms with Crippen LogP contribution in [-0.4, -0.2) is 0 Å². The summed E-state index contributed by atoms with van der Waals surface area (Å²) in [5, 5.41) is 0. The predicted octanol–water partition coefficient (Wildman–Crippen LogP) is 3.23. The molecule has 0 saturated carbocycles. The number of nitrogens with two attached hydrogens (primary N) is 1. The summed E-state index contributed by atoms with van der Waals surface area (Å²) in [6.45, 7) is 0.0814. The van der Waals surface area contributed by atoms with Crippen molar-refractivity contribution >= 4 is 0 Å². The molecule has 2 rings (SSSR count). The van der Waals surface area contributed by atoms with Gasteiger partial charge in [0.05, 0.1) is 0 Å². The second-order valence-corrected chi connectivity index (χ2v) is 3.63. The molecular formula is C13H10F3N. The highest BCUT2D eigenvalue weighted by molar-refractivity contribution is 5.64. The Bertz CT molecular complexity index is 552. The first-order valence-corrected chi connectivity index (χ1v) is 5.05. The van der Waals surface area contributed by atoms with Crippen LogP contribution < -0.4 is 5.73 Å². The number of hydrogen-bond donors (Lipinski definition) is 1. The van der Waals surface area contributed by atoms with Crippen molar-refractivity contribution in [3.8, 4) is 11.1 Å². The van der Waals surface area contributed by atoms with Crippen LogP contribution in [0, 0.1) is 17.5 Å². The average Bonchev–Trinajstić information content (AvgIpc) is 2.29. The maximum atomic E-state index is 13.5. The van der Waals surface area contributed by atoms with Crippen LogP contribution >= 0.6 is 0 Å². The molecule has 2 aromatic carbocycles. The minimum atomic E-state index is -0.718. The molecule has 0 aliphatic rings. The fourth-order valence-corrected chi connectivity index (χ4v) is 1.60. The highest BCUT2D eigenvalue weighted by Gasteiger charge is 2.08. The van der Waals surface area contributed by atoms with E-state index in [4.69, 9.17) is 5.73 Å². The van der Waals surface area contributed by atoms with Gasteiger partial charge in [-0.25, -0.2) is 13.2 Å². The van der Waals surface area contributed by atoms with Crippen molar-refractivity contribution in [3.63, 3.8) is 0 Å². The van der Waals surface area contributed by atoms with E-state index < -0.39 is 17.5 Å². The third kappa shape index (κ3) is 2.31. The van der Waals surface area contributed by atoms with Gasteiger partial charge in [0.15, 0.2) is 0 Å². The van der Waals surface area contributed by atoms with E-state index in [1.807, 2.05) is 0 Å². The summed E-state index contributed by atoms with van der Waals surface area (Å²) < 4.78 is 39.7. The first-order chi connectivity index (χ1) is 8.11. The van der Waals surface area contributed by atoms with Gasteiger partial charge in [-0.15, -0.1) is 0 Å². The van der Waals surface area contributed by atoms with Crippen LogP contribution in [0.15, 0.2) is 36.4 Å². The van der Waals surface area contributed by atoms with Crippen molar-refractivity contribution in [1.82, 2.24) is 0 Å². The van der Waals surface area contributed by atoms with Crippen molar-refractivity contribution in [2.45, 2.75) is 6.54 Å². The van der Waals surface area contributed by atoms with Gasteiger partial charge in [-0.3, -0.25) is 0 Å². The van der Waals surface area contributed by atoms with Crippen LogP contribution in [0.1, 0.15) is 5.56 Å². The SMILES string of the molecule is NCc1ccc(-c2ccc(F)cc2F)cc1F. The highest BCUT2D eigenvalue weighted by Crippen LogP contribution is 2.25. The van der Waals surface area contributed by atoms with Gasteiger partial charge in [0.2, 0.25) is 0 Å². The molecule has 17 heavy (non-hydrogen) atoms. The van der Waals surface area contributed by atoms with Gasteiger partial charge in [-0.05, 0) is 23.8 Å². The summed E-state index contributed by atoms with van der Waals surface area (Å²) in [6.07, 6.45) is 0. The summed E-state index contributed by atoms with van der Waals surface area (Å²) >= 11 is 0. The van der Waals surface area contributed by atoms with Gasteiger partial charge in [0, 0.05) is 23.7 Å². The molecule has 0 spiro atoms. The van der Waals surface area contributed by atoms with Crippen LogP contribution in [0.5, 0.6) is 0 Å². The van der Waals surface area contributed by atoms with E-state index in [-0.39, 0.29) is 12.1 Å². The molecule has 0 amide bonds. The largest absolute Gasteiger partial charge is 0.326 e. The predicted molar refractivity (Wildman–Crippen MR) is 59.6 cm³/mol. The van der Waals surface area contributed by atoms with Crippen molar-refractivity contribution in [2.24, 2.45) is 5.73 Å². The smallest absolute Gasteiger partial charge is 0.133 e. The quantitative estimate of drug-likeness (QED) is 0.852. The van der Waals surface area contributed by atoms with Gasteiger partial charge < -0.3 is 5.73 Å². The second-order valence-electron chi connectivity index (χ2n) is 3.63. The lowest BCUT2D eigenvalue weighted by atomic mass is 10.0. The Morgan fingerprint density at radius 3 is 2.24 bits per heavy atom. The zero-order chi connectivity index (χ0) is 12.4. The Morgan fingerprint density at radius 1 is 0.882 bits per heavy atom. The van der Waals surface area contributed by atoms with Crippen LogP contribution in [0.25, 0.3) is 11.1 Å². The molecule has 0 aromatic heterocycles. The van der Waals surface area contributed by atoms with Crippen LogP contribution in [0.4, 0.5) is 13.2 Å². The van der Waals surface area contributed by atoms with Gasteiger partial charge in [-0.1, -0.05) is 12.1 Å². The summed E-state index contributed by atoms with van der Waals surface area (Å²) in [6, 6.07) is 7.42. The molecule has 2 N–H and O–H groups in total. The number of hydrogen-bond acceptors (Lipinski definition) is 1. The maximum Gasteiger partial charge on any atom is 0.133 e. The topological polar surface area (TPSA) is 26.0 Å². The van der Waals surface area contributed by atoms with Gasteiger partial charge in [0.25, 0.3) is 0 Å². The van der Waals surface area contributed by atoms with Crippen LogP contribution in [0.3, 0.4) is 0 Å². The standard InChI is InChI=1S/C13H10F3N/c14-10-3-4-11(13(16)6-10)8-1-2-9(7-17)12(15)5-8/h1-6H,7,17H2. The Labute approximate surface area is 96.7 Å². The van der Waals surface area contributed by atoms with E-state index in [0.717, 1.165) is 12.1 Å². The average molecular weight is 237 g/mol. The van der Waals surface area contributed by atoms with Crippen molar-refractivity contribution in [2.75, 3.05) is 0 Å². The summed E-state index contributed by atoms with van der Waals surface area (Å²) in [5.74, 6) is -1.87. The first-order valence-electron chi connectivity index (χ1n) is 5.05. The lowest BCUT2D eigenvalue weighted by Crippen LogP contribution is -1.99. The Morgan fingerprint density at radius 2 is 1.65 bits per heavy atom. The molecule has 0 bridgehead atoms. The van der Waals surface area contributed by atoms with Crippen molar-refractivity contribution < 1.29 is 13.2 Å². The monoisotopic (exact) mass is 237 g/mol.